The van der Waals surface area contributed by atoms with Gasteiger partial charge in [-0.1, -0.05) is 12.1 Å². The molecular weight excluding hydrogens is 198 g/mol. The molecule has 1 aromatic rings. The van der Waals surface area contributed by atoms with Crippen molar-refractivity contribution in [2.24, 2.45) is 0 Å². The van der Waals surface area contributed by atoms with Gasteiger partial charge in [0.25, 0.3) is 0 Å². The largest absolute Gasteiger partial charge is 0.394 e. The molecule has 0 heterocycles. The Kier molecular flexibility index (Phi) is 4.47. The zero-order valence-corrected chi connectivity index (χ0v) is 8.37. The number of aliphatic hydroxyl groups excluding tert-OH is 2. The van der Waals surface area contributed by atoms with Gasteiger partial charge in [-0.25, -0.2) is 0 Å². The summed E-state index contributed by atoms with van der Waals surface area (Å²) in [6.45, 7) is -0.248. The number of hydrogen-bond donors (Lipinski definition) is 2. The van der Waals surface area contributed by atoms with Crippen LogP contribution in [0.3, 0.4) is 0 Å². The second-order valence-corrected chi connectivity index (χ2v) is 3.82. The molecule has 0 fully saturated rings. The monoisotopic (exact) mass is 209 g/mol. The van der Waals surface area contributed by atoms with Crippen LogP contribution < -0.4 is 0 Å². The van der Waals surface area contributed by atoms with Crippen LogP contribution in [0.4, 0.5) is 0 Å². The fourth-order valence-corrected chi connectivity index (χ4v) is 1.84. The third kappa shape index (κ3) is 3.04. The third-order valence-corrected chi connectivity index (χ3v) is 2.87. The van der Waals surface area contributed by atoms with Gasteiger partial charge in [-0.2, -0.15) is 5.26 Å². The van der Waals surface area contributed by atoms with Crippen molar-refractivity contribution in [1.29, 1.82) is 5.26 Å². The van der Waals surface area contributed by atoms with Crippen LogP contribution in [0.25, 0.3) is 0 Å². The van der Waals surface area contributed by atoms with E-state index in [1.165, 1.54) is 11.8 Å². The van der Waals surface area contributed by atoms with Crippen molar-refractivity contribution in [3.63, 3.8) is 0 Å². The van der Waals surface area contributed by atoms with E-state index in [9.17, 15) is 0 Å². The molecule has 0 spiro atoms. The minimum absolute atomic E-state index is 0.248. The molecular formula is C10H11NO2S. The van der Waals surface area contributed by atoms with Gasteiger partial charge in [-0.15, -0.1) is 11.8 Å². The highest BCUT2D eigenvalue weighted by atomic mass is 32.2. The molecule has 1 aromatic carbocycles. The molecule has 0 saturated heterocycles. The molecule has 0 aromatic heterocycles. The van der Waals surface area contributed by atoms with E-state index in [-0.39, 0.29) is 6.61 Å². The Morgan fingerprint density at radius 3 is 2.79 bits per heavy atom. The second kappa shape index (κ2) is 5.66. The first-order valence-corrected chi connectivity index (χ1v) is 5.17. The van der Waals surface area contributed by atoms with E-state index in [2.05, 4.69) is 6.07 Å². The van der Waals surface area contributed by atoms with Crippen LogP contribution in [0.2, 0.25) is 0 Å². The number of rotatable bonds is 4. The highest BCUT2D eigenvalue weighted by Crippen LogP contribution is 2.22. The molecule has 0 aliphatic heterocycles. The van der Waals surface area contributed by atoms with Crippen molar-refractivity contribution in [3.8, 4) is 6.07 Å². The minimum Gasteiger partial charge on any atom is -0.394 e. The summed E-state index contributed by atoms with van der Waals surface area (Å²) in [7, 11) is 0. The molecule has 3 nitrogen and oxygen atoms in total. The molecule has 1 unspecified atom stereocenters. The van der Waals surface area contributed by atoms with Crippen LogP contribution in [-0.2, 0) is 0 Å². The Bertz CT molecular complexity index is 335. The van der Waals surface area contributed by atoms with Gasteiger partial charge in [-0.3, -0.25) is 0 Å². The predicted molar refractivity (Wildman–Crippen MR) is 55.0 cm³/mol. The van der Waals surface area contributed by atoms with Crippen LogP contribution in [-0.4, -0.2) is 28.7 Å². The second-order valence-electron chi connectivity index (χ2n) is 2.76. The molecule has 2 N–H and O–H groups in total. The smallest absolute Gasteiger partial charge is 0.100 e. The summed E-state index contributed by atoms with van der Waals surface area (Å²) in [4.78, 5) is 0.836. The Morgan fingerprint density at radius 2 is 2.14 bits per heavy atom. The van der Waals surface area contributed by atoms with Crippen molar-refractivity contribution in [2.45, 2.75) is 11.0 Å². The van der Waals surface area contributed by atoms with E-state index >= 15 is 0 Å². The van der Waals surface area contributed by atoms with E-state index in [1.807, 2.05) is 12.1 Å². The maximum absolute atomic E-state index is 9.13. The molecule has 1 rings (SSSR count). The predicted octanol–water partition coefficient (Wildman–Crippen LogP) is 1.00. The van der Waals surface area contributed by atoms with Gasteiger partial charge in [0.2, 0.25) is 0 Å². The Labute approximate surface area is 87.0 Å². The van der Waals surface area contributed by atoms with Crippen molar-refractivity contribution >= 4 is 11.8 Å². The summed E-state index contributed by atoms with van der Waals surface area (Å²) in [5.41, 5.74) is 0.600. The minimum atomic E-state index is -0.730. The topological polar surface area (TPSA) is 64.2 Å². The molecule has 0 aliphatic rings. The summed E-state index contributed by atoms with van der Waals surface area (Å²) in [5.74, 6) is 0.398. The third-order valence-electron chi connectivity index (χ3n) is 1.65. The SMILES string of the molecule is N#Cc1ccccc1SCC(O)CO. The maximum atomic E-state index is 9.13. The zero-order chi connectivity index (χ0) is 10.4. The molecule has 0 saturated carbocycles. The van der Waals surface area contributed by atoms with Crippen molar-refractivity contribution in [3.05, 3.63) is 29.8 Å². The normalized spacial score (nSPS) is 12.1. The summed E-state index contributed by atoms with van der Waals surface area (Å²) in [5, 5.41) is 26.5. The molecule has 0 bridgehead atoms. The van der Waals surface area contributed by atoms with E-state index in [4.69, 9.17) is 15.5 Å². The van der Waals surface area contributed by atoms with Crippen LogP contribution in [0.1, 0.15) is 5.56 Å². The Morgan fingerprint density at radius 1 is 1.43 bits per heavy atom. The molecule has 0 amide bonds. The number of nitrogens with zero attached hydrogens (tertiary/aromatic N) is 1. The molecule has 0 aliphatic carbocycles. The van der Waals surface area contributed by atoms with Gasteiger partial charge in [0, 0.05) is 10.6 Å². The summed E-state index contributed by atoms with van der Waals surface area (Å²) >= 11 is 1.37. The summed E-state index contributed by atoms with van der Waals surface area (Å²) in [6, 6.07) is 9.27. The van der Waals surface area contributed by atoms with Crippen molar-refractivity contribution < 1.29 is 10.2 Å². The van der Waals surface area contributed by atoms with Gasteiger partial charge in [-0.05, 0) is 12.1 Å². The van der Waals surface area contributed by atoms with Crippen molar-refractivity contribution in [2.75, 3.05) is 12.4 Å². The maximum Gasteiger partial charge on any atom is 0.100 e. The zero-order valence-electron chi connectivity index (χ0n) is 7.55. The Hall–Kier alpha value is -1.02. The van der Waals surface area contributed by atoms with Crippen LogP contribution in [0.5, 0.6) is 0 Å². The number of hydrogen-bond acceptors (Lipinski definition) is 4. The van der Waals surface area contributed by atoms with Gasteiger partial charge < -0.3 is 10.2 Å². The summed E-state index contributed by atoms with van der Waals surface area (Å²) in [6.07, 6.45) is -0.730. The lowest BCUT2D eigenvalue weighted by atomic mass is 10.2. The van der Waals surface area contributed by atoms with Gasteiger partial charge in [0.1, 0.15) is 6.07 Å². The van der Waals surface area contributed by atoms with E-state index in [0.717, 1.165) is 4.90 Å². The average molecular weight is 209 g/mol. The van der Waals surface area contributed by atoms with Crippen LogP contribution in [0.15, 0.2) is 29.2 Å². The molecule has 0 radical (unpaired) electrons. The summed E-state index contributed by atoms with van der Waals surface area (Å²) < 4.78 is 0. The molecule has 14 heavy (non-hydrogen) atoms. The van der Waals surface area contributed by atoms with E-state index in [0.29, 0.717) is 11.3 Å². The van der Waals surface area contributed by atoms with Crippen LogP contribution >= 0.6 is 11.8 Å². The molecule has 74 valence electrons. The first kappa shape index (κ1) is 11.1. The first-order chi connectivity index (χ1) is 6.77. The fraction of sp³-hybridized carbons (Fsp3) is 0.300. The highest BCUT2D eigenvalue weighted by Gasteiger charge is 2.05. The van der Waals surface area contributed by atoms with Crippen molar-refractivity contribution in [1.82, 2.24) is 0 Å². The van der Waals surface area contributed by atoms with E-state index < -0.39 is 6.10 Å². The lowest BCUT2D eigenvalue weighted by Gasteiger charge is -2.07. The van der Waals surface area contributed by atoms with Gasteiger partial charge in [0.15, 0.2) is 0 Å². The lowest BCUT2D eigenvalue weighted by Crippen LogP contribution is -2.14. The molecule has 4 heteroatoms. The number of aliphatic hydroxyl groups is 2. The molecule has 1 atom stereocenters. The quantitative estimate of drug-likeness (QED) is 0.726. The number of nitriles is 1. The lowest BCUT2D eigenvalue weighted by molar-refractivity contribution is 0.113. The number of thioether (sulfide) groups is 1. The average Bonchev–Trinajstić information content (AvgIpc) is 2.26. The van der Waals surface area contributed by atoms with Gasteiger partial charge >= 0.3 is 0 Å². The van der Waals surface area contributed by atoms with Gasteiger partial charge in [0.05, 0.1) is 18.3 Å². The van der Waals surface area contributed by atoms with E-state index in [1.54, 1.807) is 12.1 Å². The standard InChI is InChI=1S/C10H11NO2S/c11-5-8-3-1-2-4-10(8)14-7-9(13)6-12/h1-4,9,12-13H,6-7H2. The number of benzene rings is 1. The Balaban J connectivity index is 2.63. The van der Waals surface area contributed by atoms with Crippen LogP contribution in [0, 0.1) is 11.3 Å². The highest BCUT2D eigenvalue weighted by molar-refractivity contribution is 7.99. The fourth-order valence-electron chi connectivity index (χ4n) is 0.924. The first-order valence-electron chi connectivity index (χ1n) is 4.18.